The van der Waals surface area contributed by atoms with E-state index in [2.05, 4.69) is 25.7 Å². The van der Waals surface area contributed by atoms with Crippen molar-refractivity contribution in [3.63, 3.8) is 0 Å². The van der Waals surface area contributed by atoms with E-state index >= 15 is 0 Å². The molecule has 0 aliphatic carbocycles. The molecule has 2 atom stereocenters. The lowest BCUT2D eigenvalue weighted by atomic mass is 10.0. The molecule has 1 saturated heterocycles. The van der Waals surface area contributed by atoms with Crippen molar-refractivity contribution in [1.82, 2.24) is 9.80 Å². The summed E-state index contributed by atoms with van der Waals surface area (Å²) in [5, 5.41) is 0. The Morgan fingerprint density at radius 3 is 2.62 bits per heavy atom. The molecule has 4 nitrogen and oxygen atoms in total. The molecule has 0 radical (unpaired) electrons. The Labute approximate surface area is 144 Å². The lowest BCUT2D eigenvalue weighted by molar-refractivity contribution is -0.135. The fourth-order valence-corrected chi connectivity index (χ4v) is 3.11. The quantitative estimate of drug-likeness (QED) is 0.800. The van der Waals surface area contributed by atoms with E-state index in [9.17, 15) is 9.18 Å². The molecule has 1 fully saturated rings. The number of amides is 1. The van der Waals surface area contributed by atoms with Crippen molar-refractivity contribution in [2.45, 2.75) is 39.3 Å². The maximum absolute atomic E-state index is 13.1. The van der Waals surface area contributed by atoms with Gasteiger partial charge in [0.2, 0.25) is 5.91 Å². The van der Waals surface area contributed by atoms with Crippen molar-refractivity contribution in [2.24, 2.45) is 5.92 Å². The first-order valence-electron chi connectivity index (χ1n) is 8.72. The van der Waals surface area contributed by atoms with E-state index in [0.29, 0.717) is 25.6 Å². The van der Waals surface area contributed by atoms with E-state index < -0.39 is 0 Å². The summed E-state index contributed by atoms with van der Waals surface area (Å²) in [6, 6.07) is 6.64. The number of carbonyl (C=O) groups is 1. The van der Waals surface area contributed by atoms with Crippen LogP contribution in [-0.4, -0.2) is 55.0 Å². The molecule has 1 amide bonds. The molecule has 134 valence electrons. The van der Waals surface area contributed by atoms with Crippen LogP contribution in [0.4, 0.5) is 4.39 Å². The van der Waals surface area contributed by atoms with E-state index in [1.807, 2.05) is 11.9 Å². The summed E-state index contributed by atoms with van der Waals surface area (Å²) >= 11 is 0. The van der Waals surface area contributed by atoms with Gasteiger partial charge in [-0.3, -0.25) is 9.69 Å². The number of nitrogens with zero attached hydrogens (tertiary/aromatic N) is 2. The first kappa shape index (κ1) is 18.9. The van der Waals surface area contributed by atoms with Gasteiger partial charge in [0.15, 0.2) is 0 Å². The van der Waals surface area contributed by atoms with Crippen LogP contribution in [0.3, 0.4) is 0 Å². The molecular formula is C19H29FN2O2. The maximum atomic E-state index is 13.1. The van der Waals surface area contributed by atoms with Gasteiger partial charge in [0, 0.05) is 26.2 Å². The number of hydrogen-bond donors (Lipinski definition) is 0. The SMILES string of the molecule is CC(C)C[C@H](C)N(C)C(=O)CN1CCO[C@@H](c2ccc(F)cc2)C1. The Balaban J connectivity index is 1.90. The minimum atomic E-state index is -0.248. The molecule has 0 N–H and O–H groups in total. The minimum Gasteiger partial charge on any atom is -0.371 e. The average Bonchev–Trinajstić information content (AvgIpc) is 2.54. The monoisotopic (exact) mass is 336 g/mol. The summed E-state index contributed by atoms with van der Waals surface area (Å²) < 4.78 is 18.8. The maximum Gasteiger partial charge on any atom is 0.236 e. The lowest BCUT2D eigenvalue weighted by Gasteiger charge is -2.34. The zero-order valence-electron chi connectivity index (χ0n) is 15.2. The molecule has 5 heteroatoms. The Hall–Kier alpha value is -1.46. The number of likely N-dealkylation sites (N-methyl/N-ethyl adjacent to an activating group) is 1. The second-order valence-corrected chi connectivity index (χ2v) is 7.13. The second kappa shape index (κ2) is 8.58. The van der Waals surface area contributed by atoms with E-state index in [0.717, 1.165) is 18.5 Å². The predicted octanol–water partition coefficient (Wildman–Crippen LogP) is 3.09. The van der Waals surface area contributed by atoms with Gasteiger partial charge in [-0.1, -0.05) is 26.0 Å². The van der Waals surface area contributed by atoms with Gasteiger partial charge in [0.25, 0.3) is 0 Å². The van der Waals surface area contributed by atoms with Crippen molar-refractivity contribution >= 4 is 5.91 Å². The average molecular weight is 336 g/mol. The van der Waals surface area contributed by atoms with Crippen LogP contribution in [0, 0.1) is 11.7 Å². The highest BCUT2D eigenvalue weighted by atomic mass is 19.1. The van der Waals surface area contributed by atoms with Gasteiger partial charge in [-0.2, -0.15) is 0 Å². The minimum absolute atomic E-state index is 0.106. The summed E-state index contributed by atoms with van der Waals surface area (Å²) in [5.74, 6) is 0.465. The number of benzene rings is 1. The molecule has 0 saturated carbocycles. The largest absolute Gasteiger partial charge is 0.371 e. The number of carbonyl (C=O) groups excluding carboxylic acids is 1. The van der Waals surface area contributed by atoms with Gasteiger partial charge in [0.05, 0.1) is 19.3 Å². The summed E-state index contributed by atoms with van der Waals surface area (Å²) in [6.45, 7) is 8.83. The van der Waals surface area contributed by atoms with Crippen molar-refractivity contribution in [2.75, 3.05) is 33.3 Å². The first-order valence-corrected chi connectivity index (χ1v) is 8.72. The molecular weight excluding hydrogens is 307 g/mol. The van der Waals surface area contributed by atoms with Crippen LogP contribution < -0.4 is 0 Å². The van der Waals surface area contributed by atoms with Gasteiger partial charge in [0.1, 0.15) is 5.82 Å². The first-order chi connectivity index (χ1) is 11.4. The van der Waals surface area contributed by atoms with Crippen LogP contribution in [0.25, 0.3) is 0 Å². The molecule has 2 rings (SSSR count). The molecule has 0 spiro atoms. The van der Waals surface area contributed by atoms with Crippen molar-refractivity contribution in [1.29, 1.82) is 0 Å². The standard InChI is InChI=1S/C19H29FN2O2/c1-14(2)11-15(3)21(4)19(23)13-22-9-10-24-18(12-22)16-5-7-17(20)8-6-16/h5-8,14-15,18H,9-13H2,1-4H3/t15-,18+/m0/s1. The Kier molecular flexibility index (Phi) is 6.75. The molecule has 1 aliphatic rings. The van der Waals surface area contributed by atoms with Crippen LogP contribution in [0.15, 0.2) is 24.3 Å². The van der Waals surface area contributed by atoms with Gasteiger partial charge in [-0.25, -0.2) is 4.39 Å². The van der Waals surface area contributed by atoms with Crippen LogP contribution in [0.5, 0.6) is 0 Å². The number of halogens is 1. The Morgan fingerprint density at radius 2 is 2.00 bits per heavy atom. The topological polar surface area (TPSA) is 32.8 Å². The molecule has 1 heterocycles. The Morgan fingerprint density at radius 1 is 1.33 bits per heavy atom. The van der Waals surface area contributed by atoms with Crippen molar-refractivity contribution in [3.8, 4) is 0 Å². The third kappa shape index (κ3) is 5.28. The van der Waals surface area contributed by atoms with E-state index in [4.69, 9.17) is 4.74 Å². The lowest BCUT2D eigenvalue weighted by Crippen LogP contribution is -2.46. The van der Waals surface area contributed by atoms with Gasteiger partial charge in [-0.05, 0) is 37.0 Å². The summed E-state index contributed by atoms with van der Waals surface area (Å²) in [5.41, 5.74) is 0.954. The second-order valence-electron chi connectivity index (χ2n) is 7.13. The predicted molar refractivity (Wildman–Crippen MR) is 93.2 cm³/mol. The number of morpholine rings is 1. The van der Waals surface area contributed by atoms with Crippen molar-refractivity contribution in [3.05, 3.63) is 35.6 Å². The third-order valence-electron chi connectivity index (χ3n) is 4.62. The third-order valence-corrected chi connectivity index (χ3v) is 4.62. The molecule has 1 aromatic carbocycles. The highest BCUT2D eigenvalue weighted by molar-refractivity contribution is 5.78. The van der Waals surface area contributed by atoms with E-state index in [1.54, 1.807) is 12.1 Å². The summed E-state index contributed by atoms with van der Waals surface area (Å²) in [6.07, 6.45) is 0.898. The molecule has 24 heavy (non-hydrogen) atoms. The van der Waals surface area contributed by atoms with Gasteiger partial charge >= 0.3 is 0 Å². The highest BCUT2D eigenvalue weighted by Gasteiger charge is 2.25. The number of hydrogen-bond acceptors (Lipinski definition) is 3. The molecule has 0 unspecified atom stereocenters. The fraction of sp³-hybridized carbons (Fsp3) is 0.632. The van der Waals surface area contributed by atoms with Crippen LogP contribution in [-0.2, 0) is 9.53 Å². The number of rotatable bonds is 6. The molecule has 0 bridgehead atoms. The highest BCUT2D eigenvalue weighted by Crippen LogP contribution is 2.22. The fourth-order valence-electron chi connectivity index (χ4n) is 3.11. The summed E-state index contributed by atoms with van der Waals surface area (Å²) in [7, 11) is 1.88. The smallest absolute Gasteiger partial charge is 0.236 e. The van der Waals surface area contributed by atoms with Crippen LogP contribution in [0.2, 0.25) is 0 Å². The zero-order chi connectivity index (χ0) is 17.7. The zero-order valence-corrected chi connectivity index (χ0v) is 15.2. The molecule has 1 aliphatic heterocycles. The van der Waals surface area contributed by atoms with E-state index in [1.165, 1.54) is 12.1 Å². The summed E-state index contributed by atoms with van der Waals surface area (Å²) in [4.78, 5) is 16.5. The van der Waals surface area contributed by atoms with Gasteiger partial charge < -0.3 is 9.64 Å². The van der Waals surface area contributed by atoms with Crippen LogP contribution >= 0.6 is 0 Å². The van der Waals surface area contributed by atoms with E-state index in [-0.39, 0.29) is 23.9 Å². The normalized spacial score (nSPS) is 20.2. The Bertz CT molecular complexity index is 533. The van der Waals surface area contributed by atoms with Crippen molar-refractivity contribution < 1.29 is 13.9 Å². The molecule has 0 aromatic heterocycles. The van der Waals surface area contributed by atoms with Crippen LogP contribution in [0.1, 0.15) is 38.9 Å². The van der Waals surface area contributed by atoms with Gasteiger partial charge in [-0.15, -0.1) is 0 Å². The molecule has 1 aromatic rings. The number of ether oxygens (including phenoxy) is 1.